The molecule has 0 aliphatic rings. The molecule has 0 unspecified atom stereocenters. The highest BCUT2D eigenvalue weighted by Gasteiger charge is 2.13. The predicted molar refractivity (Wildman–Crippen MR) is 81.0 cm³/mol. The molecule has 3 rings (SSSR count). The molecule has 1 aromatic heterocycles. The van der Waals surface area contributed by atoms with Gasteiger partial charge in [-0.3, -0.25) is 0 Å². The molecular weight excluding hydrogens is 355 g/mol. The van der Waals surface area contributed by atoms with Crippen molar-refractivity contribution in [3.63, 3.8) is 0 Å². The van der Waals surface area contributed by atoms with Gasteiger partial charge in [0.2, 0.25) is 0 Å². The Balaban J connectivity index is 2.24. The van der Waals surface area contributed by atoms with Crippen LogP contribution in [0.2, 0.25) is 0 Å². The van der Waals surface area contributed by atoms with Crippen LogP contribution >= 0.6 is 22.6 Å². The average molecular weight is 364 g/mol. The van der Waals surface area contributed by atoms with Crippen LogP contribution in [0, 0.1) is 3.57 Å². The Morgan fingerprint density at radius 3 is 2.47 bits per heavy atom. The van der Waals surface area contributed by atoms with E-state index >= 15 is 0 Å². The molecule has 2 N–H and O–H groups in total. The molecular formula is C14H9IN2O2. The number of rotatable bonds is 1. The van der Waals surface area contributed by atoms with Crippen molar-refractivity contribution >= 4 is 33.5 Å². The van der Waals surface area contributed by atoms with Gasteiger partial charge in [0.15, 0.2) is 5.82 Å². The Hall–Kier alpha value is -1.89. The van der Waals surface area contributed by atoms with Crippen molar-refractivity contribution in [1.82, 2.24) is 9.97 Å². The van der Waals surface area contributed by atoms with Crippen molar-refractivity contribution in [3.8, 4) is 22.9 Å². The molecule has 0 fully saturated rings. The minimum atomic E-state index is -0.0372. The molecule has 0 atom stereocenters. The molecule has 5 heteroatoms. The molecule has 3 aromatic rings. The second-order valence-corrected chi connectivity index (χ2v) is 5.31. The van der Waals surface area contributed by atoms with E-state index in [9.17, 15) is 10.2 Å². The largest absolute Gasteiger partial charge is 0.507 e. The zero-order chi connectivity index (χ0) is 13.4. The summed E-state index contributed by atoms with van der Waals surface area (Å²) in [5.74, 6) is 0.235. The molecule has 0 saturated carbocycles. The van der Waals surface area contributed by atoms with Crippen LogP contribution in [0.1, 0.15) is 0 Å². The van der Waals surface area contributed by atoms with Crippen LogP contribution in [0.5, 0.6) is 11.5 Å². The molecule has 0 spiro atoms. The molecule has 4 nitrogen and oxygen atoms in total. The number of benzene rings is 2. The second-order valence-electron chi connectivity index (χ2n) is 4.07. The van der Waals surface area contributed by atoms with E-state index in [1.54, 1.807) is 12.3 Å². The molecule has 0 aliphatic heterocycles. The normalized spacial score (nSPS) is 10.8. The molecule has 1 heterocycles. The van der Waals surface area contributed by atoms with Gasteiger partial charge >= 0.3 is 0 Å². The number of halogens is 1. The van der Waals surface area contributed by atoms with Crippen molar-refractivity contribution in [2.45, 2.75) is 0 Å². The summed E-state index contributed by atoms with van der Waals surface area (Å²) in [5.41, 5.74) is 1.02. The highest BCUT2D eigenvalue weighted by molar-refractivity contribution is 14.1. The predicted octanol–water partition coefficient (Wildman–Crippen LogP) is 3.31. The topological polar surface area (TPSA) is 66.2 Å². The summed E-state index contributed by atoms with van der Waals surface area (Å²) in [4.78, 5) is 8.58. The van der Waals surface area contributed by atoms with Crippen molar-refractivity contribution in [1.29, 1.82) is 0 Å². The number of fused-ring (bicyclic) bond motifs is 1. The van der Waals surface area contributed by atoms with Gasteiger partial charge in [0, 0.05) is 15.2 Å². The summed E-state index contributed by atoms with van der Waals surface area (Å²) in [6.45, 7) is 0. The highest BCUT2D eigenvalue weighted by atomic mass is 127. The zero-order valence-corrected chi connectivity index (χ0v) is 11.9. The highest BCUT2D eigenvalue weighted by Crippen LogP contribution is 2.35. The Morgan fingerprint density at radius 2 is 1.74 bits per heavy atom. The quantitative estimate of drug-likeness (QED) is 0.651. The minimum Gasteiger partial charge on any atom is -0.507 e. The lowest BCUT2D eigenvalue weighted by Gasteiger charge is -2.06. The summed E-state index contributed by atoms with van der Waals surface area (Å²) >= 11 is 2.22. The lowest BCUT2D eigenvalue weighted by molar-refractivity contribution is 0.453. The number of aromatic nitrogens is 2. The van der Waals surface area contributed by atoms with Crippen molar-refractivity contribution < 1.29 is 10.2 Å². The molecule has 0 amide bonds. The number of phenols is 2. The van der Waals surface area contributed by atoms with Crippen molar-refractivity contribution in [2.24, 2.45) is 0 Å². The lowest BCUT2D eigenvalue weighted by atomic mass is 10.1. The molecule has 19 heavy (non-hydrogen) atoms. The third-order valence-corrected chi connectivity index (χ3v) is 3.46. The van der Waals surface area contributed by atoms with E-state index in [-0.39, 0.29) is 17.1 Å². The Bertz CT molecular complexity index is 754. The molecule has 94 valence electrons. The molecule has 0 saturated heterocycles. The van der Waals surface area contributed by atoms with Crippen LogP contribution in [0.4, 0.5) is 0 Å². The smallest absolute Gasteiger partial charge is 0.167 e. The van der Waals surface area contributed by atoms with Crippen LogP contribution in [-0.2, 0) is 0 Å². The van der Waals surface area contributed by atoms with E-state index in [2.05, 4.69) is 32.6 Å². The van der Waals surface area contributed by atoms with E-state index in [4.69, 9.17) is 0 Å². The van der Waals surface area contributed by atoms with Crippen molar-refractivity contribution in [2.75, 3.05) is 0 Å². The number of phenolic OH excluding ortho intramolecular Hbond substituents is 2. The first-order valence-corrected chi connectivity index (χ1v) is 6.66. The van der Waals surface area contributed by atoms with Gasteiger partial charge < -0.3 is 10.2 Å². The Kier molecular flexibility index (Phi) is 2.98. The van der Waals surface area contributed by atoms with Gasteiger partial charge in [-0.1, -0.05) is 6.07 Å². The van der Waals surface area contributed by atoms with Crippen LogP contribution in [0.25, 0.3) is 22.3 Å². The fourth-order valence-electron chi connectivity index (χ4n) is 1.88. The molecule has 0 bridgehead atoms. The van der Waals surface area contributed by atoms with Gasteiger partial charge in [-0.15, -0.1) is 0 Å². The van der Waals surface area contributed by atoms with E-state index < -0.39 is 0 Å². The first kappa shape index (κ1) is 12.2. The molecule has 2 aromatic carbocycles. The summed E-state index contributed by atoms with van der Waals surface area (Å²) in [6.07, 6.45) is 1.69. The average Bonchev–Trinajstić information content (AvgIpc) is 2.38. The molecule has 0 aliphatic carbocycles. The molecule has 0 radical (unpaired) electrons. The minimum absolute atomic E-state index is 0.0372. The first-order valence-electron chi connectivity index (χ1n) is 5.59. The van der Waals surface area contributed by atoms with Crippen molar-refractivity contribution in [3.05, 3.63) is 46.2 Å². The van der Waals surface area contributed by atoms with E-state index in [1.807, 2.05) is 18.2 Å². The lowest BCUT2D eigenvalue weighted by Crippen LogP contribution is -1.91. The van der Waals surface area contributed by atoms with Gasteiger partial charge in [0.25, 0.3) is 0 Å². The SMILES string of the molecule is Oc1cccc(O)c1-c1ncc2cc(I)ccc2n1. The van der Waals surface area contributed by atoms with E-state index in [0.717, 1.165) is 14.5 Å². The second kappa shape index (κ2) is 4.65. The Morgan fingerprint density at radius 1 is 1.00 bits per heavy atom. The monoisotopic (exact) mass is 364 g/mol. The number of aromatic hydroxyl groups is 2. The van der Waals surface area contributed by atoms with Crippen LogP contribution < -0.4 is 0 Å². The summed E-state index contributed by atoms with van der Waals surface area (Å²) in [6, 6.07) is 10.4. The van der Waals surface area contributed by atoms with E-state index in [0.29, 0.717) is 5.82 Å². The first-order chi connectivity index (χ1) is 9.15. The zero-order valence-electron chi connectivity index (χ0n) is 9.71. The summed E-state index contributed by atoms with van der Waals surface area (Å²) in [7, 11) is 0. The fourth-order valence-corrected chi connectivity index (χ4v) is 2.40. The standard InChI is InChI=1S/C14H9IN2O2/c15-9-4-5-10-8(6-9)7-16-14(17-10)13-11(18)2-1-3-12(13)19/h1-7,18-19H. The maximum atomic E-state index is 9.82. The van der Waals surface area contributed by atoms with Crippen LogP contribution in [-0.4, -0.2) is 20.2 Å². The maximum absolute atomic E-state index is 9.82. The summed E-state index contributed by atoms with van der Waals surface area (Å²) in [5, 5.41) is 20.6. The van der Waals surface area contributed by atoms with Gasteiger partial charge in [-0.05, 0) is 52.9 Å². The van der Waals surface area contributed by atoms with Crippen LogP contribution in [0.15, 0.2) is 42.6 Å². The van der Waals surface area contributed by atoms with Gasteiger partial charge in [0.1, 0.15) is 17.1 Å². The van der Waals surface area contributed by atoms with Gasteiger partial charge in [0.05, 0.1) is 5.52 Å². The Labute approximate surface area is 122 Å². The van der Waals surface area contributed by atoms with Gasteiger partial charge in [-0.25, -0.2) is 9.97 Å². The van der Waals surface area contributed by atoms with E-state index in [1.165, 1.54) is 12.1 Å². The summed E-state index contributed by atoms with van der Waals surface area (Å²) < 4.78 is 1.10. The van der Waals surface area contributed by atoms with Gasteiger partial charge in [-0.2, -0.15) is 0 Å². The maximum Gasteiger partial charge on any atom is 0.167 e. The third-order valence-electron chi connectivity index (χ3n) is 2.79. The number of hydrogen-bond donors (Lipinski definition) is 2. The fraction of sp³-hybridized carbons (Fsp3) is 0. The van der Waals surface area contributed by atoms with Crippen LogP contribution in [0.3, 0.4) is 0 Å². The number of hydrogen-bond acceptors (Lipinski definition) is 4. The third kappa shape index (κ3) is 2.21. The number of nitrogens with zero attached hydrogens (tertiary/aromatic N) is 2.